The molecular formula is C21H26N2O4. The summed E-state index contributed by atoms with van der Waals surface area (Å²) in [6.45, 7) is 1.80. The number of nitrogens with zero attached hydrogens (tertiary/aromatic N) is 1. The molecule has 1 heterocycles. The van der Waals surface area contributed by atoms with Crippen molar-refractivity contribution < 1.29 is 19.0 Å². The first-order valence-corrected chi connectivity index (χ1v) is 9.12. The number of rotatable bonds is 7. The van der Waals surface area contributed by atoms with E-state index in [1.807, 2.05) is 48.5 Å². The second-order valence-corrected chi connectivity index (χ2v) is 6.53. The van der Waals surface area contributed by atoms with E-state index in [0.29, 0.717) is 13.1 Å². The van der Waals surface area contributed by atoms with Gasteiger partial charge < -0.3 is 24.4 Å². The number of carbonyl (C=O) groups is 1. The molecule has 1 saturated heterocycles. The van der Waals surface area contributed by atoms with E-state index >= 15 is 0 Å². The second kappa shape index (κ2) is 9.28. The lowest BCUT2D eigenvalue weighted by atomic mass is 10.2. The Hall–Kier alpha value is -2.73. The van der Waals surface area contributed by atoms with E-state index in [0.717, 1.165) is 42.2 Å². The van der Waals surface area contributed by atoms with Crippen LogP contribution in [-0.2, 0) is 11.3 Å². The molecule has 0 saturated carbocycles. The van der Waals surface area contributed by atoms with Gasteiger partial charge in [0.2, 0.25) is 0 Å². The number of urea groups is 1. The third-order valence-corrected chi connectivity index (χ3v) is 4.58. The van der Waals surface area contributed by atoms with Crippen LogP contribution >= 0.6 is 0 Å². The van der Waals surface area contributed by atoms with Gasteiger partial charge in [-0.05, 0) is 54.8 Å². The van der Waals surface area contributed by atoms with Crippen LogP contribution in [0.1, 0.15) is 18.4 Å². The van der Waals surface area contributed by atoms with E-state index in [9.17, 15) is 4.79 Å². The Bertz CT molecular complexity index is 742. The molecule has 1 N–H and O–H groups in total. The highest BCUT2D eigenvalue weighted by atomic mass is 16.5. The molecule has 1 atom stereocenters. The Labute approximate surface area is 160 Å². The van der Waals surface area contributed by atoms with Crippen LogP contribution in [0.15, 0.2) is 48.5 Å². The molecule has 0 radical (unpaired) electrons. The molecule has 2 aromatic rings. The van der Waals surface area contributed by atoms with Gasteiger partial charge in [0.25, 0.3) is 0 Å². The number of amides is 2. The lowest BCUT2D eigenvalue weighted by Crippen LogP contribution is -2.39. The number of anilines is 1. The normalized spacial score (nSPS) is 16.0. The first-order valence-electron chi connectivity index (χ1n) is 9.12. The van der Waals surface area contributed by atoms with Crippen LogP contribution in [-0.4, -0.2) is 44.4 Å². The standard InChI is InChI=1S/C21H26N2O4/c1-25-18-10-8-17(9-11-18)22-21(24)23(15-20-7-4-12-27-20)14-16-5-3-6-19(13-16)26-2/h3,5-6,8-11,13,20H,4,7,12,14-15H2,1-2H3,(H,22,24). The quantitative estimate of drug-likeness (QED) is 0.803. The number of hydrogen-bond acceptors (Lipinski definition) is 4. The summed E-state index contributed by atoms with van der Waals surface area (Å²) in [6.07, 6.45) is 2.10. The zero-order chi connectivity index (χ0) is 19.1. The third-order valence-electron chi connectivity index (χ3n) is 4.58. The van der Waals surface area contributed by atoms with Crippen LogP contribution < -0.4 is 14.8 Å². The predicted molar refractivity (Wildman–Crippen MR) is 104 cm³/mol. The lowest BCUT2D eigenvalue weighted by molar-refractivity contribution is 0.0819. The molecule has 1 aliphatic rings. The largest absolute Gasteiger partial charge is 0.497 e. The van der Waals surface area contributed by atoms with Crippen LogP contribution in [0.4, 0.5) is 10.5 Å². The first kappa shape index (κ1) is 19.0. The summed E-state index contributed by atoms with van der Waals surface area (Å²) in [5.41, 5.74) is 1.74. The van der Waals surface area contributed by atoms with Gasteiger partial charge in [-0.15, -0.1) is 0 Å². The Morgan fingerprint density at radius 3 is 2.59 bits per heavy atom. The van der Waals surface area contributed by atoms with Crippen molar-refractivity contribution in [2.24, 2.45) is 0 Å². The molecule has 2 aromatic carbocycles. The van der Waals surface area contributed by atoms with Gasteiger partial charge in [0.05, 0.1) is 20.3 Å². The van der Waals surface area contributed by atoms with Crippen molar-refractivity contribution in [2.75, 3.05) is 32.7 Å². The number of ether oxygens (including phenoxy) is 3. The van der Waals surface area contributed by atoms with Gasteiger partial charge in [0, 0.05) is 25.4 Å². The van der Waals surface area contributed by atoms with Gasteiger partial charge >= 0.3 is 6.03 Å². The zero-order valence-corrected chi connectivity index (χ0v) is 15.8. The number of hydrogen-bond donors (Lipinski definition) is 1. The van der Waals surface area contributed by atoms with E-state index in [-0.39, 0.29) is 12.1 Å². The highest BCUT2D eigenvalue weighted by Crippen LogP contribution is 2.20. The summed E-state index contributed by atoms with van der Waals surface area (Å²) in [7, 11) is 3.25. The molecule has 27 heavy (non-hydrogen) atoms. The average molecular weight is 370 g/mol. The van der Waals surface area contributed by atoms with Gasteiger partial charge in [0.15, 0.2) is 0 Å². The number of nitrogens with one attached hydrogen (secondary N) is 1. The maximum Gasteiger partial charge on any atom is 0.322 e. The zero-order valence-electron chi connectivity index (χ0n) is 15.8. The molecule has 0 aliphatic carbocycles. The summed E-state index contributed by atoms with van der Waals surface area (Å²) in [4.78, 5) is 14.7. The molecule has 6 heteroatoms. The van der Waals surface area contributed by atoms with E-state index in [2.05, 4.69) is 5.32 Å². The van der Waals surface area contributed by atoms with Crippen molar-refractivity contribution in [3.63, 3.8) is 0 Å². The lowest BCUT2D eigenvalue weighted by Gasteiger charge is -2.26. The van der Waals surface area contributed by atoms with E-state index < -0.39 is 0 Å². The summed E-state index contributed by atoms with van der Waals surface area (Å²) in [5, 5.41) is 2.96. The van der Waals surface area contributed by atoms with Crippen molar-refractivity contribution in [1.29, 1.82) is 0 Å². The van der Waals surface area contributed by atoms with Crippen LogP contribution in [0.5, 0.6) is 11.5 Å². The SMILES string of the molecule is COc1ccc(NC(=O)N(Cc2cccc(OC)c2)CC2CCCO2)cc1. The van der Waals surface area contributed by atoms with Crippen LogP contribution in [0.25, 0.3) is 0 Å². The fraction of sp³-hybridized carbons (Fsp3) is 0.381. The monoisotopic (exact) mass is 370 g/mol. The highest BCUT2D eigenvalue weighted by Gasteiger charge is 2.23. The van der Waals surface area contributed by atoms with Crippen molar-refractivity contribution in [2.45, 2.75) is 25.5 Å². The van der Waals surface area contributed by atoms with Gasteiger partial charge in [-0.3, -0.25) is 0 Å². The molecule has 0 spiro atoms. The van der Waals surface area contributed by atoms with E-state index in [1.54, 1.807) is 19.1 Å². The van der Waals surface area contributed by atoms with Gasteiger partial charge in [-0.2, -0.15) is 0 Å². The molecule has 0 bridgehead atoms. The summed E-state index contributed by atoms with van der Waals surface area (Å²) < 4.78 is 16.2. The fourth-order valence-electron chi connectivity index (χ4n) is 3.12. The van der Waals surface area contributed by atoms with Crippen molar-refractivity contribution in [3.05, 3.63) is 54.1 Å². The average Bonchev–Trinajstić information content (AvgIpc) is 3.21. The van der Waals surface area contributed by atoms with Crippen molar-refractivity contribution in [3.8, 4) is 11.5 Å². The minimum Gasteiger partial charge on any atom is -0.497 e. The number of benzene rings is 2. The fourth-order valence-corrected chi connectivity index (χ4v) is 3.12. The van der Waals surface area contributed by atoms with Gasteiger partial charge in [0.1, 0.15) is 11.5 Å². The molecule has 2 amide bonds. The Balaban J connectivity index is 1.71. The smallest absolute Gasteiger partial charge is 0.322 e. The maximum absolute atomic E-state index is 12.9. The van der Waals surface area contributed by atoms with Crippen LogP contribution in [0.3, 0.4) is 0 Å². The van der Waals surface area contributed by atoms with Gasteiger partial charge in [-0.25, -0.2) is 4.79 Å². The number of methoxy groups -OCH3 is 2. The Morgan fingerprint density at radius 2 is 1.93 bits per heavy atom. The summed E-state index contributed by atoms with van der Waals surface area (Å²) >= 11 is 0. The molecule has 0 aromatic heterocycles. The molecule has 3 rings (SSSR count). The van der Waals surface area contributed by atoms with E-state index in [1.165, 1.54) is 0 Å². The van der Waals surface area contributed by atoms with Crippen molar-refractivity contribution in [1.82, 2.24) is 4.90 Å². The Kier molecular flexibility index (Phi) is 6.54. The highest BCUT2D eigenvalue weighted by molar-refractivity contribution is 5.89. The van der Waals surface area contributed by atoms with Crippen LogP contribution in [0.2, 0.25) is 0 Å². The molecule has 1 unspecified atom stereocenters. The predicted octanol–water partition coefficient (Wildman–Crippen LogP) is 3.92. The second-order valence-electron chi connectivity index (χ2n) is 6.53. The Morgan fingerprint density at radius 1 is 1.15 bits per heavy atom. The molecule has 1 fully saturated rings. The molecular weight excluding hydrogens is 344 g/mol. The first-order chi connectivity index (χ1) is 13.2. The third kappa shape index (κ3) is 5.37. The number of carbonyl (C=O) groups excluding carboxylic acids is 1. The van der Waals surface area contributed by atoms with Crippen molar-refractivity contribution >= 4 is 11.7 Å². The molecule has 6 nitrogen and oxygen atoms in total. The molecule has 1 aliphatic heterocycles. The minimum atomic E-state index is -0.154. The molecule has 144 valence electrons. The summed E-state index contributed by atoms with van der Waals surface area (Å²) in [5.74, 6) is 1.53. The van der Waals surface area contributed by atoms with Gasteiger partial charge in [-0.1, -0.05) is 12.1 Å². The maximum atomic E-state index is 12.9. The van der Waals surface area contributed by atoms with E-state index in [4.69, 9.17) is 14.2 Å². The summed E-state index contributed by atoms with van der Waals surface area (Å²) in [6, 6.07) is 14.9. The van der Waals surface area contributed by atoms with Crippen LogP contribution in [0, 0.1) is 0 Å². The minimum absolute atomic E-state index is 0.0808. The topological polar surface area (TPSA) is 60.0 Å².